The molecule has 6 atom stereocenters. The van der Waals surface area contributed by atoms with Gasteiger partial charge in [0.05, 0.1) is 19.0 Å². The summed E-state index contributed by atoms with van der Waals surface area (Å²) in [5.74, 6) is -0.0239. The summed E-state index contributed by atoms with van der Waals surface area (Å²) in [6.45, 7) is -0.759. The van der Waals surface area contributed by atoms with Crippen molar-refractivity contribution in [2.45, 2.75) is 24.9 Å². The first-order valence-electron chi connectivity index (χ1n) is 8.01. The summed E-state index contributed by atoms with van der Waals surface area (Å²) in [4.78, 5) is 41.6. The van der Waals surface area contributed by atoms with Crippen LogP contribution in [0.5, 0.6) is 0 Å². The van der Waals surface area contributed by atoms with Crippen molar-refractivity contribution < 1.29 is 51.4 Å². The lowest BCUT2D eigenvalue weighted by atomic mass is 10.2. The molecule has 31 heavy (non-hydrogen) atoms. The minimum atomic E-state index is -5.36. The molecule has 1 aliphatic heterocycles. The monoisotopic (exact) mass is 501 g/mol. The first-order chi connectivity index (χ1) is 14.5. The number of hydrogen-bond donors (Lipinski definition) is 4. The minimum Gasteiger partial charge on any atom is -0.390 e. The number of hydrogen-bond acceptors (Lipinski definition) is 12. The number of aliphatic hydroxyl groups excluding tert-OH is 1. The van der Waals surface area contributed by atoms with E-state index in [0.29, 0.717) is 0 Å². The van der Waals surface area contributed by atoms with Gasteiger partial charge in [0, 0.05) is 11.3 Å². The van der Waals surface area contributed by atoms with Gasteiger partial charge in [0.1, 0.15) is 24.2 Å². The van der Waals surface area contributed by atoms with Crippen LogP contribution in [0.4, 0.5) is 5.82 Å². The summed E-state index contributed by atoms with van der Waals surface area (Å²) in [5, 5.41) is 13.6. The molecule has 1 saturated heterocycles. The van der Waals surface area contributed by atoms with Crippen LogP contribution in [0.15, 0.2) is 17.8 Å². The van der Waals surface area contributed by atoms with Crippen molar-refractivity contribution in [3.8, 4) is 0 Å². The van der Waals surface area contributed by atoms with Crippen LogP contribution >= 0.6 is 23.9 Å². The number of phosphoric ester groups is 1. The van der Waals surface area contributed by atoms with Gasteiger partial charge in [-0.1, -0.05) is 0 Å². The van der Waals surface area contributed by atoms with Gasteiger partial charge in [-0.05, 0) is 10.6 Å². The molecule has 1 fully saturated rings. The molecule has 3 heterocycles. The lowest BCUT2D eigenvalue weighted by Gasteiger charge is -2.18. The van der Waals surface area contributed by atoms with Gasteiger partial charge in [0.25, 0.3) is 0 Å². The number of fused-ring (bicyclic) bond motifs is 1. The average molecular weight is 501 g/mol. The zero-order valence-corrected chi connectivity index (χ0v) is 17.8. The third-order valence-corrected chi connectivity index (χ3v) is 7.47. The van der Waals surface area contributed by atoms with Crippen molar-refractivity contribution in [2.24, 2.45) is 5.11 Å². The van der Waals surface area contributed by atoms with E-state index in [1.54, 1.807) is 0 Å². The van der Waals surface area contributed by atoms with E-state index in [-0.39, 0.29) is 23.4 Å². The van der Waals surface area contributed by atoms with E-state index < -0.39 is 48.9 Å². The molecule has 0 amide bonds. The molecule has 0 bridgehead atoms. The first kappa shape index (κ1) is 23.9. The predicted molar refractivity (Wildman–Crippen MR) is 97.7 cm³/mol. The van der Waals surface area contributed by atoms with Crippen LogP contribution in [-0.4, -0.2) is 58.1 Å². The van der Waals surface area contributed by atoms with Gasteiger partial charge in [-0.25, -0.2) is 28.4 Å². The zero-order valence-electron chi connectivity index (χ0n) is 15.0. The van der Waals surface area contributed by atoms with Crippen molar-refractivity contribution in [1.29, 1.82) is 0 Å². The molecule has 4 N–H and O–H groups in total. The van der Waals surface area contributed by atoms with Gasteiger partial charge in [0.2, 0.25) is 0 Å². The lowest BCUT2D eigenvalue weighted by Crippen LogP contribution is -2.26. The Morgan fingerprint density at radius 1 is 1.35 bits per heavy atom. The molecular formula is C10H14N7O11P3. The van der Waals surface area contributed by atoms with Crippen molar-refractivity contribution in [3.63, 3.8) is 0 Å². The van der Waals surface area contributed by atoms with Crippen LogP contribution in [0.2, 0.25) is 0 Å². The quantitative estimate of drug-likeness (QED) is 0.162. The van der Waals surface area contributed by atoms with E-state index in [4.69, 9.17) is 20.1 Å². The molecule has 2 aromatic rings. The summed E-state index contributed by atoms with van der Waals surface area (Å²) in [5.41, 5.74) is 8.98. The average Bonchev–Trinajstić information content (AvgIpc) is 3.22. The predicted octanol–water partition coefficient (Wildman–Crippen LogP) is 1.05. The van der Waals surface area contributed by atoms with Crippen LogP contribution in [0.25, 0.3) is 21.6 Å². The number of rotatable bonds is 9. The van der Waals surface area contributed by atoms with Crippen molar-refractivity contribution in [2.75, 3.05) is 6.61 Å². The van der Waals surface area contributed by atoms with E-state index in [2.05, 4.69) is 38.1 Å². The second-order valence-electron chi connectivity index (χ2n) is 5.81. The topological polar surface area (TPSA) is 261 Å². The molecule has 170 valence electrons. The Kier molecular flexibility index (Phi) is 7.23. The molecule has 0 aromatic carbocycles. The molecule has 0 radical (unpaired) electrons. The maximum atomic E-state index is 11.8. The molecule has 0 saturated carbocycles. The smallest absolute Gasteiger partial charge is 0.390 e. The van der Waals surface area contributed by atoms with Gasteiger partial charge in [-0.2, -0.15) is 4.31 Å². The molecule has 1 aliphatic rings. The Labute approximate surface area is 172 Å². The fraction of sp³-hybridized carbons (Fsp3) is 0.500. The van der Waals surface area contributed by atoms with Gasteiger partial charge >= 0.3 is 23.9 Å². The number of azide groups is 1. The summed E-state index contributed by atoms with van der Waals surface area (Å²) < 4.78 is 52.6. The van der Waals surface area contributed by atoms with Crippen molar-refractivity contribution in [3.05, 3.63) is 23.1 Å². The van der Waals surface area contributed by atoms with E-state index in [1.165, 1.54) is 10.9 Å². The normalized spacial score (nSPS) is 26.1. The van der Waals surface area contributed by atoms with Gasteiger partial charge in [-0.15, -0.1) is 0 Å². The Morgan fingerprint density at radius 2 is 2.10 bits per heavy atom. The summed E-state index contributed by atoms with van der Waals surface area (Å²) in [6, 6.07) is 0. The van der Waals surface area contributed by atoms with Crippen LogP contribution in [0, 0.1) is 0 Å². The summed E-state index contributed by atoms with van der Waals surface area (Å²) >= 11 is 0. The van der Waals surface area contributed by atoms with Crippen LogP contribution in [0.1, 0.15) is 12.6 Å². The van der Waals surface area contributed by atoms with Gasteiger partial charge in [0.15, 0.2) is 11.5 Å². The Hall–Kier alpha value is -1.77. The van der Waals surface area contributed by atoms with E-state index in [9.17, 15) is 23.7 Å². The van der Waals surface area contributed by atoms with Gasteiger partial charge < -0.3 is 24.5 Å². The molecule has 0 spiro atoms. The second-order valence-corrected chi connectivity index (χ2v) is 9.86. The molecule has 2 aromatic heterocycles. The van der Waals surface area contributed by atoms with Gasteiger partial charge in [-0.3, -0.25) is 13.7 Å². The Bertz CT molecular complexity index is 1140. The maximum Gasteiger partial charge on any atom is 0.488 e. The second kappa shape index (κ2) is 9.38. The molecular weight excluding hydrogens is 487 g/mol. The zero-order chi connectivity index (χ0) is 22.8. The number of ether oxygens (including phenoxy) is 1. The fourth-order valence-corrected chi connectivity index (χ4v) is 5.43. The minimum absolute atomic E-state index is 0.0228. The van der Waals surface area contributed by atoms with Crippen LogP contribution < -0.4 is 0 Å². The fourth-order valence-electron chi connectivity index (χ4n) is 2.64. The third kappa shape index (κ3) is 5.93. The number of phosphoric acid groups is 2. The molecule has 21 heteroatoms. The van der Waals surface area contributed by atoms with Crippen molar-refractivity contribution >= 4 is 40.9 Å². The largest absolute Gasteiger partial charge is 0.488 e. The van der Waals surface area contributed by atoms with E-state index in [1.807, 2.05) is 0 Å². The third-order valence-electron chi connectivity index (χ3n) is 3.80. The number of nitrogens with zero attached hydrogens (tertiary/aromatic N) is 7. The number of imidazole rings is 1. The van der Waals surface area contributed by atoms with Crippen LogP contribution in [-0.2, 0) is 31.6 Å². The van der Waals surface area contributed by atoms with Crippen LogP contribution in [0.3, 0.4) is 0 Å². The van der Waals surface area contributed by atoms with E-state index >= 15 is 0 Å². The first-order valence-corrected chi connectivity index (χ1v) is 12.3. The summed E-state index contributed by atoms with van der Waals surface area (Å²) in [6.07, 6.45) is -0.828. The highest BCUT2D eigenvalue weighted by Gasteiger charge is 2.41. The highest BCUT2D eigenvalue weighted by molar-refractivity contribution is 7.64. The number of aliphatic hydroxyl groups is 1. The molecule has 18 nitrogen and oxygen atoms in total. The SMILES string of the molecule is [N-]=[N+]=Nc1ncnc2c1ncn2C1CC(O)C(COP(=O)(O)OP(=O)(O)O[PH](=O)O)O1. The van der Waals surface area contributed by atoms with Crippen molar-refractivity contribution in [1.82, 2.24) is 19.5 Å². The molecule has 3 rings (SSSR count). The summed E-state index contributed by atoms with van der Waals surface area (Å²) in [7, 11) is -14.5. The highest BCUT2D eigenvalue weighted by atomic mass is 31.3. The highest BCUT2D eigenvalue weighted by Crippen LogP contribution is 2.63. The standard InChI is InChI=1S/C10H14N7O11P3/c11-16-15-9-8-10(13-3-12-9)17(4-14-8)7-1-5(18)6(26-7)2-25-30(21,22)28-31(23,24)27-29(19)20/h3-7,18,29H,1-2H2,(H,19,20)(H,21,22)(H,23,24). The lowest BCUT2D eigenvalue weighted by molar-refractivity contribution is -0.0423. The molecule has 6 unspecified atom stereocenters. The number of aromatic nitrogens is 4. The maximum absolute atomic E-state index is 11.8. The van der Waals surface area contributed by atoms with E-state index in [0.717, 1.165) is 6.33 Å². The Morgan fingerprint density at radius 3 is 2.77 bits per heavy atom. The molecule has 0 aliphatic carbocycles. The Balaban J connectivity index is 1.68.